The molecule has 2 heteroatoms. The summed E-state index contributed by atoms with van der Waals surface area (Å²) < 4.78 is 0. The molecule has 0 radical (unpaired) electrons. The number of hydrogen-bond acceptors (Lipinski definition) is 2. The van der Waals surface area contributed by atoms with E-state index >= 15 is 0 Å². The SMILES string of the molecule is C.C.C.OCCO. The van der Waals surface area contributed by atoms with E-state index in [-0.39, 0.29) is 35.5 Å². The summed E-state index contributed by atoms with van der Waals surface area (Å²) in [6.07, 6.45) is 0. The lowest BCUT2D eigenvalue weighted by Gasteiger charge is -1.70. The first-order valence-corrected chi connectivity index (χ1v) is 1.13. The molecule has 0 aliphatic carbocycles. The minimum Gasteiger partial charge on any atom is -0.394 e. The molecule has 0 spiro atoms. The molecule has 0 aliphatic heterocycles. The zero-order valence-electron chi connectivity index (χ0n) is 2.31. The highest BCUT2D eigenvalue weighted by Gasteiger charge is 1.58. The second kappa shape index (κ2) is 38.9. The van der Waals surface area contributed by atoms with Crippen LogP contribution in [0.15, 0.2) is 0 Å². The van der Waals surface area contributed by atoms with Crippen LogP contribution in [0.25, 0.3) is 0 Å². The molecule has 0 rings (SSSR count). The van der Waals surface area contributed by atoms with E-state index < -0.39 is 0 Å². The molecule has 0 aromatic rings. The van der Waals surface area contributed by atoms with Crippen LogP contribution in [-0.4, -0.2) is 23.4 Å². The van der Waals surface area contributed by atoms with Gasteiger partial charge in [-0.3, -0.25) is 0 Å². The molecule has 0 amide bonds. The summed E-state index contributed by atoms with van der Waals surface area (Å²) >= 11 is 0. The number of aliphatic hydroxyl groups excluding tert-OH is 2. The van der Waals surface area contributed by atoms with Gasteiger partial charge in [0, 0.05) is 0 Å². The Morgan fingerprint density at radius 3 is 0.857 bits per heavy atom. The first-order chi connectivity index (χ1) is 1.91. The van der Waals surface area contributed by atoms with Crippen molar-refractivity contribution in [1.29, 1.82) is 0 Å². The third kappa shape index (κ3) is 107. The lowest BCUT2D eigenvalue weighted by Crippen LogP contribution is -1.85. The van der Waals surface area contributed by atoms with Crippen molar-refractivity contribution in [3.63, 3.8) is 0 Å². The number of hydrogen-bond donors (Lipinski definition) is 2. The molecule has 0 saturated heterocycles. The Labute approximate surface area is 46.8 Å². The topological polar surface area (TPSA) is 40.5 Å². The van der Waals surface area contributed by atoms with Crippen LogP contribution in [-0.2, 0) is 0 Å². The number of aliphatic hydroxyl groups is 2. The fourth-order valence-electron chi connectivity index (χ4n) is 0. The van der Waals surface area contributed by atoms with Crippen LogP contribution in [0.5, 0.6) is 0 Å². The quantitative estimate of drug-likeness (QED) is 0.526. The third-order valence-corrected chi connectivity index (χ3v) is 0.1000. The Kier molecular flexibility index (Phi) is 158. The van der Waals surface area contributed by atoms with E-state index in [1.54, 1.807) is 0 Å². The van der Waals surface area contributed by atoms with Gasteiger partial charge in [-0.1, -0.05) is 22.3 Å². The number of rotatable bonds is 1. The van der Waals surface area contributed by atoms with Crippen LogP contribution >= 0.6 is 0 Å². The average Bonchev–Trinajstić information content (AvgIpc) is 1.37. The molecule has 2 N–H and O–H groups in total. The molecule has 7 heavy (non-hydrogen) atoms. The first kappa shape index (κ1) is 28.4. The van der Waals surface area contributed by atoms with Crippen LogP contribution in [0.4, 0.5) is 0 Å². The van der Waals surface area contributed by atoms with Gasteiger partial charge in [-0.15, -0.1) is 0 Å². The van der Waals surface area contributed by atoms with Crippen LogP contribution in [0.2, 0.25) is 0 Å². The molecule has 50 valence electrons. The molecular weight excluding hydrogens is 92.1 g/mol. The Morgan fingerprint density at radius 2 is 0.857 bits per heavy atom. The van der Waals surface area contributed by atoms with Gasteiger partial charge in [0.25, 0.3) is 0 Å². The molecule has 0 bridgehead atoms. The summed E-state index contributed by atoms with van der Waals surface area (Å²) in [7, 11) is 0. The summed E-state index contributed by atoms with van der Waals surface area (Å²) in [6, 6.07) is 0. The van der Waals surface area contributed by atoms with Crippen molar-refractivity contribution in [2.75, 3.05) is 13.2 Å². The largest absolute Gasteiger partial charge is 0.394 e. The maximum absolute atomic E-state index is 7.62. The molecule has 0 unspecified atom stereocenters. The summed E-state index contributed by atoms with van der Waals surface area (Å²) in [4.78, 5) is 0. The second-order valence-corrected chi connectivity index (χ2v) is 0.447. The van der Waals surface area contributed by atoms with E-state index in [2.05, 4.69) is 0 Å². The van der Waals surface area contributed by atoms with Gasteiger partial charge in [-0.05, 0) is 0 Å². The fraction of sp³-hybridized carbons (Fsp3) is 1.00. The van der Waals surface area contributed by atoms with Gasteiger partial charge in [0.2, 0.25) is 0 Å². The van der Waals surface area contributed by atoms with Gasteiger partial charge in [0.1, 0.15) is 0 Å². The van der Waals surface area contributed by atoms with Gasteiger partial charge in [-0.2, -0.15) is 0 Å². The highest BCUT2D eigenvalue weighted by molar-refractivity contribution is 4.06. The first-order valence-electron chi connectivity index (χ1n) is 1.13. The van der Waals surface area contributed by atoms with Crippen molar-refractivity contribution < 1.29 is 10.2 Å². The Hall–Kier alpha value is -0.0800. The molecule has 0 aromatic heterocycles. The molecule has 0 saturated carbocycles. The monoisotopic (exact) mass is 110 g/mol. The van der Waals surface area contributed by atoms with Crippen LogP contribution in [0.3, 0.4) is 0 Å². The minimum atomic E-state index is -0.125. The summed E-state index contributed by atoms with van der Waals surface area (Å²) in [5, 5.41) is 15.2. The molecule has 0 heterocycles. The normalized spacial score (nSPS) is 4.29. The van der Waals surface area contributed by atoms with E-state index in [0.717, 1.165) is 0 Å². The lowest BCUT2D eigenvalue weighted by molar-refractivity contribution is 0.186. The minimum absolute atomic E-state index is 0. The maximum atomic E-state index is 7.62. The molecule has 0 aliphatic rings. The van der Waals surface area contributed by atoms with Crippen molar-refractivity contribution in [1.82, 2.24) is 0 Å². The molecule has 0 aromatic carbocycles. The maximum Gasteiger partial charge on any atom is 0.0662 e. The van der Waals surface area contributed by atoms with Crippen molar-refractivity contribution in [2.45, 2.75) is 22.3 Å². The van der Waals surface area contributed by atoms with Gasteiger partial charge >= 0.3 is 0 Å². The van der Waals surface area contributed by atoms with Crippen molar-refractivity contribution >= 4 is 0 Å². The van der Waals surface area contributed by atoms with Crippen molar-refractivity contribution in [3.05, 3.63) is 0 Å². The second-order valence-electron chi connectivity index (χ2n) is 0.447. The van der Waals surface area contributed by atoms with Crippen molar-refractivity contribution in [3.8, 4) is 0 Å². The van der Waals surface area contributed by atoms with Gasteiger partial charge in [-0.25, -0.2) is 0 Å². The predicted molar refractivity (Wildman–Crippen MR) is 34.4 cm³/mol. The van der Waals surface area contributed by atoms with Crippen molar-refractivity contribution in [2.24, 2.45) is 0 Å². The molecule has 2 nitrogen and oxygen atoms in total. The summed E-state index contributed by atoms with van der Waals surface area (Å²) in [6.45, 7) is -0.250. The fourth-order valence-corrected chi connectivity index (χ4v) is 0. The van der Waals surface area contributed by atoms with Crippen LogP contribution < -0.4 is 0 Å². The average molecular weight is 110 g/mol. The Bertz CT molecular complexity index is 8.04. The summed E-state index contributed by atoms with van der Waals surface area (Å²) in [5.41, 5.74) is 0. The smallest absolute Gasteiger partial charge is 0.0662 e. The van der Waals surface area contributed by atoms with E-state index in [1.165, 1.54) is 0 Å². The highest BCUT2D eigenvalue weighted by atomic mass is 16.3. The zero-order chi connectivity index (χ0) is 3.41. The van der Waals surface area contributed by atoms with E-state index in [4.69, 9.17) is 10.2 Å². The summed E-state index contributed by atoms with van der Waals surface area (Å²) in [5.74, 6) is 0. The van der Waals surface area contributed by atoms with Gasteiger partial charge < -0.3 is 10.2 Å². The van der Waals surface area contributed by atoms with E-state index in [9.17, 15) is 0 Å². The Balaban J connectivity index is -0.0000000150. The zero-order valence-corrected chi connectivity index (χ0v) is 2.31. The standard InChI is InChI=1S/C2H6O2.3CH4/c3-1-2-4;;;/h3-4H,1-2H2;3*1H4. The van der Waals surface area contributed by atoms with E-state index in [1.807, 2.05) is 0 Å². The third-order valence-electron chi connectivity index (χ3n) is 0.1000. The molecule has 0 atom stereocenters. The molecular formula is C5H18O2. The van der Waals surface area contributed by atoms with Gasteiger partial charge in [0.15, 0.2) is 0 Å². The Morgan fingerprint density at radius 1 is 0.714 bits per heavy atom. The van der Waals surface area contributed by atoms with Crippen LogP contribution in [0.1, 0.15) is 22.3 Å². The highest BCUT2D eigenvalue weighted by Crippen LogP contribution is 1.39. The van der Waals surface area contributed by atoms with Gasteiger partial charge in [0.05, 0.1) is 13.2 Å². The molecule has 0 fully saturated rings. The van der Waals surface area contributed by atoms with Crippen LogP contribution in [0, 0.1) is 0 Å². The van der Waals surface area contributed by atoms with E-state index in [0.29, 0.717) is 0 Å². The predicted octanol–water partition coefficient (Wildman–Crippen LogP) is 0.879. The lowest BCUT2D eigenvalue weighted by atomic mass is 10.8.